The molecule has 2 bridgehead atoms. The highest BCUT2D eigenvalue weighted by atomic mass is 32.2. The van der Waals surface area contributed by atoms with Crippen molar-refractivity contribution < 1.29 is 44.2 Å². The molecule has 15 heteroatoms. The number of alkyl halides is 5. The van der Waals surface area contributed by atoms with Gasteiger partial charge >= 0.3 is 12.1 Å². The van der Waals surface area contributed by atoms with Crippen LogP contribution in [-0.4, -0.2) is 80.6 Å². The van der Waals surface area contributed by atoms with Gasteiger partial charge in [-0.25, -0.2) is 22.8 Å². The molecule has 0 amide bonds. The summed E-state index contributed by atoms with van der Waals surface area (Å²) in [5.41, 5.74) is 0.912. The fourth-order valence-electron chi connectivity index (χ4n) is 4.87. The molecule has 2 aliphatic rings. The molecule has 2 saturated heterocycles. The molecule has 38 heavy (non-hydrogen) atoms. The lowest BCUT2D eigenvalue weighted by Gasteiger charge is -2.47. The Labute approximate surface area is 217 Å². The van der Waals surface area contributed by atoms with Gasteiger partial charge in [0.1, 0.15) is 22.9 Å². The summed E-state index contributed by atoms with van der Waals surface area (Å²) in [7, 11) is -3.60. The van der Waals surface area contributed by atoms with E-state index in [0.717, 1.165) is 17.2 Å². The topological polar surface area (TPSA) is 81.6 Å². The van der Waals surface area contributed by atoms with Gasteiger partial charge in [-0.1, -0.05) is 6.07 Å². The Kier molecular flexibility index (Phi) is 6.85. The van der Waals surface area contributed by atoms with Gasteiger partial charge in [0.2, 0.25) is 5.88 Å². The molecule has 2 unspecified atom stereocenters. The highest BCUT2D eigenvalue weighted by Crippen LogP contribution is 2.41. The number of thiophene rings is 1. The molecule has 0 aliphatic carbocycles. The quantitative estimate of drug-likeness (QED) is 0.399. The van der Waals surface area contributed by atoms with Gasteiger partial charge in [0.25, 0.3) is 0 Å². The van der Waals surface area contributed by atoms with Crippen molar-refractivity contribution in [3.63, 3.8) is 0 Å². The first kappa shape index (κ1) is 27.1. The van der Waals surface area contributed by atoms with Crippen LogP contribution >= 0.6 is 11.3 Å². The van der Waals surface area contributed by atoms with Crippen molar-refractivity contribution in [1.82, 2.24) is 14.9 Å². The monoisotopic (exact) mass is 581 g/mol. The van der Waals surface area contributed by atoms with E-state index in [1.165, 1.54) is 29.8 Å². The van der Waals surface area contributed by atoms with Gasteiger partial charge < -0.3 is 9.47 Å². The van der Waals surface area contributed by atoms with E-state index in [1.807, 2.05) is 0 Å². The first-order valence-electron chi connectivity index (χ1n) is 11.4. The third-order valence-corrected chi connectivity index (χ3v) is 8.71. The molecule has 1 aromatic carbocycles. The first-order valence-corrected chi connectivity index (χ1v) is 14.1. The van der Waals surface area contributed by atoms with E-state index in [0.29, 0.717) is 15.8 Å². The third kappa shape index (κ3) is 5.08. The number of piperidine rings is 1. The summed E-state index contributed by atoms with van der Waals surface area (Å²) >= 11 is 1.18. The molecule has 2 aromatic heterocycles. The van der Waals surface area contributed by atoms with Crippen molar-refractivity contribution in [2.24, 2.45) is 11.8 Å². The van der Waals surface area contributed by atoms with Crippen LogP contribution in [0.1, 0.15) is 0 Å². The summed E-state index contributed by atoms with van der Waals surface area (Å²) < 4.78 is 116. The maximum Gasteiger partial charge on any atom is 0.454 e. The molecule has 0 radical (unpaired) electrons. The van der Waals surface area contributed by atoms with Crippen molar-refractivity contribution in [1.29, 1.82) is 0 Å². The standard InChI is InChI=1S/C23H21F6N3O4S2/c1-38(33,34)14-2-3-15(17(24)4-14)16-9-37-20-18(16)30-11-31-21(20)36-19-12-5-32(6-13(19)8-35-7-12)10-22(25,26)23(27,28)29/h2-4,9,11-13,19H,5-8,10H2,1H3. The van der Waals surface area contributed by atoms with Crippen LogP contribution in [-0.2, 0) is 14.6 Å². The summed E-state index contributed by atoms with van der Waals surface area (Å²) in [6, 6.07) is 3.58. The van der Waals surface area contributed by atoms with Crippen LogP contribution < -0.4 is 4.74 Å². The van der Waals surface area contributed by atoms with E-state index < -0.39 is 52.2 Å². The molecule has 2 fully saturated rings. The van der Waals surface area contributed by atoms with Crippen LogP contribution in [0.25, 0.3) is 21.3 Å². The van der Waals surface area contributed by atoms with Gasteiger partial charge in [-0.15, -0.1) is 11.3 Å². The molecule has 5 rings (SSSR count). The maximum atomic E-state index is 14.9. The van der Waals surface area contributed by atoms with Crippen LogP contribution in [0.4, 0.5) is 26.3 Å². The number of hydrogen-bond acceptors (Lipinski definition) is 8. The second-order valence-corrected chi connectivity index (χ2v) is 12.4. The minimum atomic E-state index is -5.64. The second-order valence-electron chi connectivity index (χ2n) is 9.46. The fraction of sp³-hybridized carbons (Fsp3) is 0.478. The smallest absolute Gasteiger partial charge is 0.454 e. The summed E-state index contributed by atoms with van der Waals surface area (Å²) in [6.07, 6.45) is -3.98. The lowest BCUT2D eigenvalue weighted by atomic mass is 9.84. The summed E-state index contributed by atoms with van der Waals surface area (Å²) in [5, 5.41) is 1.64. The van der Waals surface area contributed by atoms with Crippen molar-refractivity contribution >= 4 is 31.4 Å². The Balaban J connectivity index is 1.39. The molecule has 2 aliphatic heterocycles. The van der Waals surface area contributed by atoms with E-state index in [9.17, 15) is 34.8 Å². The number of aromatic nitrogens is 2. The van der Waals surface area contributed by atoms with Crippen molar-refractivity contribution in [2.75, 3.05) is 39.1 Å². The molecule has 0 N–H and O–H groups in total. The summed E-state index contributed by atoms with van der Waals surface area (Å²) in [4.78, 5) is 9.37. The van der Waals surface area contributed by atoms with Crippen molar-refractivity contribution in [3.05, 3.63) is 35.7 Å². The van der Waals surface area contributed by atoms with E-state index in [-0.39, 0.29) is 42.6 Å². The summed E-state index contributed by atoms with van der Waals surface area (Å²) in [5.74, 6) is -6.36. The molecule has 0 spiro atoms. The zero-order valence-electron chi connectivity index (χ0n) is 19.7. The number of fused-ring (bicyclic) bond motifs is 3. The third-order valence-electron chi connectivity index (χ3n) is 6.64. The lowest BCUT2D eigenvalue weighted by molar-refractivity contribution is -0.289. The first-order chi connectivity index (χ1) is 17.7. The molecule has 2 atom stereocenters. The molecule has 0 saturated carbocycles. The zero-order chi connectivity index (χ0) is 27.5. The number of nitrogens with zero attached hydrogens (tertiary/aromatic N) is 3. The molecular formula is C23H21F6N3O4S2. The van der Waals surface area contributed by atoms with Crippen LogP contribution in [0.5, 0.6) is 5.88 Å². The predicted octanol–water partition coefficient (Wildman–Crippen LogP) is 4.42. The Bertz CT molecular complexity index is 1450. The van der Waals surface area contributed by atoms with E-state index >= 15 is 0 Å². The fourth-order valence-corrected chi connectivity index (χ4v) is 6.45. The number of rotatable bonds is 6. The van der Waals surface area contributed by atoms with Crippen LogP contribution in [0, 0.1) is 17.7 Å². The molecular weight excluding hydrogens is 560 g/mol. The molecule has 206 valence electrons. The lowest BCUT2D eigenvalue weighted by Crippen LogP contribution is -2.60. The summed E-state index contributed by atoms with van der Waals surface area (Å²) in [6.45, 7) is -1.34. The van der Waals surface area contributed by atoms with Crippen LogP contribution in [0.15, 0.2) is 34.8 Å². The number of hydrogen-bond donors (Lipinski definition) is 0. The Morgan fingerprint density at radius 2 is 1.79 bits per heavy atom. The maximum absolute atomic E-state index is 14.9. The van der Waals surface area contributed by atoms with Crippen molar-refractivity contribution in [3.8, 4) is 17.0 Å². The number of sulfone groups is 1. The van der Waals surface area contributed by atoms with Gasteiger partial charge in [0.15, 0.2) is 9.84 Å². The van der Waals surface area contributed by atoms with E-state index in [1.54, 1.807) is 5.38 Å². The number of benzene rings is 1. The SMILES string of the molecule is CS(=O)(=O)c1ccc(-c2csc3c(OC4C5COCC4CN(CC(F)(F)C(F)(F)F)C5)ncnc23)c(F)c1. The predicted molar refractivity (Wildman–Crippen MR) is 126 cm³/mol. The van der Waals surface area contributed by atoms with Gasteiger partial charge in [0, 0.05) is 47.7 Å². The molecule has 4 heterocycles. The van der Waals surface area contributed by atoms with Gasteiger partial charge in [-0.2, -0.15) is 22.0 Å². The number of halogens is 6. The highest BCUT2D eigenvalue weighted by Gasteiger charge is 2.59. The van der Waals surface area contributed by atoms with Crippen molar-refractivity contribution in [2.45, 2.75) is 23.1 Å². The normalized spacial score (nSPS) is 23.1. The van der Waals surface area contributed by atoms with Crippen LogP contribution in [0.2, 0.25) is 0 Å². The molecule has 7 nitrogen and oxygen atoms in total. The minimum Gasteiger partial charge on any atom is -0.472 e. The highest BCUT2D eigenvalue weighted by molar-refractivity contribution is 7.90. The Morgan fingerprint density at radius 3 is 2.39 bits per heavy atom. The van der Waals surface area contributed by atoms with Gasteiger partial charge in [0.05, 0.1) is 30.2 Å². The van der Waals surface area contributed by atoms with Gasteiger partial charge in [-0.05, 0) is 12.1 Å². The Morgan fingerprint density at radius 1 is 1.11 bits per heavy atom. The largest absolute Gasteiger partial charge is 0.472 e. The van der Waals surface area contributed by atoms with E-state index in [2.05, 4.69) is 9.97 Å². The second kappa shape index (κ2) is 9.61. The minimum absolute atomic E-state index is 0.0748. The molecule has 3 aromatic rings. The Hall–Kier alpha value is -2.49. The van der Waals surface area contributed by atoms with E-state index in [4.69, 9.17) is 9.47 Å². The number of ether oxygens (including phenoxy) is 2. The average molecular weight is 582 g/mol. The van der Waals surface area contributed by atoms with Gasteiger partial charge in [-0.3, -0.25) is 4.90 Å². The zero-order valence-corrected chi connectivity index (χ0v) is 21.3. The van der Waals surface area contributed by atoms with Crippen LogP contribution in [0.3, 0.4) is 0 Å². The number of likely N-dealkylation sites (tertiary alicyclic amines) is 1. The average Bonchev–Trinajstić information content (AvgIpc) is 3.23.